The van der Waals surface area contributed by atoms with E-state index in [1.807, 2.05) is 13.0 Å². The second-order valence-corrected chi connectivity index (χ2v) is 6.13. The number of phenols is 1. The lowest BCUT2D eigenvalue weighted by Crippen LogP contribution is -2.45. The number of rotatable bonds is 7. The fourth-order valence-corrected chi connectivity index (χ4v) is 2.91. The van der Waals surface area contributed by atoms with Crippen molar-refractivity contribution in [3.05, 3.63) is 53.1 Å². The first-order valence-electron chi connectivity index (χ1n) is 8.75. The van der Waals surface area contributed by atoms with Gasteiger partial charge in [-0.15, -0.1) is 0 Å². The Morgan fingerprint density at radius 3 is 2.54 bits per heavy atom. The number of nitrogens with one attached hydrogen (secondary N) is 1. The van der Waals surface area contributed by atoms with E-state index in [2.05, 4.69) is 5.43 Å². The first-order valence-corrected chi connectivity index (χ1v) is 8.75. The van der Waals surface area contributed by atoms with Gasteiger partial charge in [-0.25, -0.2) is 0 Å². The van der Waals surface area contributed by atoms with Gasteiger partial charge in [-0.05, 0) is 49.2 Å². The van der Waals surface area contributed by atoms with Crippen LogP contribution >= 0.6 is 0 Å². The number of hydrogen-bond donors (Lipinski definition) is 2. The molecular formula is C20H20N2O6. The summed E-state index contributed by atoms with van der Waals surface area (Å²) in [5, 5.41) is 10.2. The number of nitrogens with zero attached hydrogens (tertiary/aromatic N) is 1. The van der Waals surface area contributed by atoms with E-state index in [1.54, 1.807) is 19.2 Å². The van der Waals surface area contributed by atoms with Crippen LogP contribution in [0.2, 0.25) is 0 Å². The largest absolute Gasteiger partial charge is 0.508 e. The van der Waals surface area contributed by atoms with Crippen LogP contribution in [0.5, 0.6) is 17.2 Å². The average Bonchev–Trinajstić information content (AvgIpc) is 2.91. The molecule has 0 aromatic heterocycles. The number of hydrogen-bond acceptors (Lipinski definition) is 6. The summed E-state index contributed by atoms with van der Waals surface area (Å²) >= 11 is 0. The third-order valence-corrected chi connectivity index (χ3v) is 4.28. The Morgan fingerprint density at radius 2 is 1.82 bits per heavy atom. The van der Waals surface area contributed by atoms with Gasteiger partial charge in [0, 0.05) is 6.42 Å². The van der Waals surface area contributed by atoms with E-state index in [1.165, 1.54) is 18.2 Å². The van der Waals surface area contributed by atoms with Crippen LogP contribution in [0.1, 0.15) is 39.6 Å². The highest BCUT2D eigenvalue weighted by molar-refractivity contribution is 6.21. The summed E-state index contributed by atoms with van der Waals surface area (Å²) in [7, 11) is 1.55. The molecule has 8 nitrogen and oxygen atoms in total. The van der Waals surface area contributed by atoms with E-state index in [0.29, 0.717) is 29.5 Å². The number of hydrazine groups is 1. The number of ether oxygens (including phenoxy) is 2. The molecule has 0 fully saturated rings. The lowest BCUT2D eigenvalue weighted by Gasteiger charge is -2.15. The Kier molecular flexibility index (Phi) is 5.49. The molecule has 3 amide bonds. The Balaban J connectivity index is 1.63. The van der Waals surface area contributed by atoms with Crippen LogP contribution < -0.4 is 14.9 Å². The number of aromatic hydroxyl groups is 1. The Hall–Kier alpha value is -3.55. The maximum absolute atomic E-state index is 12.3. The summed E-state index contributed by atoms with van der Waals surface area (Å²) in [6, 6.07) is 9.24. The highest BCUT2D eigenvalue weighted by atomic mass is 16.5. The topological polar surface area (TPSA) is 105 Å². The number of benzene rings is 2. The molecule has 2 N–H and O–H groups in total. The Labute approximate surface area is 161 Å². The van der Waals surface area contributed by atoms with E-state index in [-0.39, 0.29) is 23.3 Å². The predicted octanol–water partition coefficient (Wildman–Crippen LogP) is 2.06. The number of carbonyl (C=O) groups is 3. The van der Waals surface area contributed by atoms with E-state index in [9.17, 15) is 19.5 Å². The minimum atomic E-state index is -0.674. The Morgan fingerprint density at radius 1 is 1.07 bits per heavy atom. The van der Waals surface area contributed by atoms with Crippen LogP contribution in [0.4, 0.5) is 0 Å². The first kappa shape index (κ1) is 19.2. The molecule has 1 heterocycles. The highest BCUT2D eigenvalue weighted by Gasteiger charge is 2.37. The molecule has 3 rings (SSSR count). The molecule has 1 aliphatic heterocycles. The molecule has 2 aromatic carbocycles. The molecule has 0 atom stereocenters. The fraction of sp³-hybridized carbons (Fsp3) is 0.250. The van der Waals surface area contributed by atoms with Gasteiger partial charge in [0.1, 0.15) is 5.75 Å². The number of aryl methyl sites for hydroxylation is 1. The standard InChI is InChI=1S/C20H20N2O6/c1-3-28-17-10-12(4-8-16(17)27-2)5-9-18(24)21-22-19(25)14-7-6-13(23)11-15(14)20(22)26/h4,6-8,10-11,23H,3,5,9H2,1-2H3,(H,21,24). The van der Waals surface area contributed by atoms with Gasteiger partial charge >= 0.3 is 0 Å². The lowest BCUT2D eigenvalue weighted by atomic mass is 10.1. The van der Waals surface area contributed by atoms with Gasteiger partial charge in [0.25, 0.3) is 11.8 Å². The quantitative estimate of drug-likeness (QED) is 0.708. The van der Waals surface area contributed by atoms with E-state index < -0.39 is 17.7 Å². The van der Waals surface area contributed by atoms with Crippen LogP contribution in [0, 0.1) is 0 Å². The monoisotopic (exact) mass is 384 g/mol. The molecule has 0 saturated carbocycles. The number of imide groups is 1. The van der Waals surface area contributed by atoms with Crippen LogP contribution in [-0.4, -0.2) is 41.6 Å². The number of fused-ring (bicyclic) bond motifs is 1. The normalized spacial score (nSPS) is 12.7. The third kappa shape index (κ3) is 3.75. The van der Waals surface area contributed by atoms with Crippen molar-refractivity contribution < 1.29 is 29.0 Å². The number of phenolic OH excluding ortho intramolecular Hbond substituents is 1. The summed E-state index contributed by atoms with van der Waals surface area (Å²) < 4.78 is 10.7. The summed E-state index contributed by atoms with van der Waals surface area (Å²) in [4.78, 5) is 36.9. The van der Waals surface area contributed by atoms with Crippen molar-refractivity contribution in [1.82, 2.24) is 10.4 Å². The maximum atomic E-state index is 12.3. The molecule has 2 aromatic rings. The van der Waals surface area contributed by atoms with E-state index in [4.69, 9.17) is 9.47 Å². The maximum Gasteiger partial charge on any atom is 0.280 e. The molecule has 1 aliphatic rings. The molecule has 0 bridgehead atoms. The minimum Gasteiger partial charge on any atom is -0.508 e. The summed E-state index contributed by atoms with van der Waals surface area (Å²) in [5.74, 6) is -0.721. The summed E-state index contributed by atoms with van der Waals surface area (Å²) in [6.45, 7) is 2.34. The average molecular weight is 384 g/mol. The molecular weight excluding hydrogens is 364 g/mol. The van der Waals surface area contributed by atoms with Gasteiger partial charge in [-0.1, -0.05) is 6.07 Å². The van der Waals surface area contributed by atoms with Crippen molar-refractivity contribution in [3.63, 3.8) is 0 Å². The zero-order chi connectivity index (χ0) is 20.3. The van der Waals surface area contributed by atoms with Crippen LogP contribution in [0.15, 0.2) is 36.4 Å². The van der Waals surface area contributed by atoms with Crippen LogP contribution in [0.3, 0.4) is 0 Å². The van der Waals surface area contributed by atoms with Crippen molar-refractivity contribution in [2.24, 2.45) is 0 Å². The molecule has 8 heteroatoms. The van der Waals surface area contributed by atoms with Crippen LogP contribution in [-0.2, 0) is 11.2 Å². The summed E-state index contributed by atoms with van der Waals surface area (Å²) in [5.41, 5.74) is 3.38. The molecule has 0 aliphatic carbocycles. The highest BCUT2D eigenvalue weighted by Crippen LogP contribution is 2.29. The van der Waals surface area contributed by atoms with E-state index in [0.717, 1.165) is 5.56 Å². The molecule has 0 unspecified atom stereocenters. The Bertz CT molecular complexity index is 940. The van der Waals surface area contributed by atoms with Crippen molar-refractivity contribution in [3.8, 4) is 17.2 Å². The second-order valence-electron chi connectivity index (χ2n) is 6.13. The molecule has 146 valence electrons. The second kappa shape index (κ2) is 7.99. The van der Waals surface area contributed by atoms with Crippen LogP contribution in [0.25, 0.3) is 0 Å². The number of methoxy groups -OCH3 is 1. The predicted molar refractivity (Wildman–Crippen MR) is 99.2 cm³/mol. The van der Waals surface area contributed by atoms with Gasteiger partial charge in [0.05, 0.1) is 24.8 Å². The van der Waals surface area contributed by atoms with Crippen molar-refractivity contribution in [1.29, 1.82) is 0 Å². The van der Waals surface area contributed by atoms with Crippen molar-refractivity contribution >= 4 is 17.7 Å². The molecule has 0 spiro atoms. The molecule has 0 radical (unpaired) electrons. The van der Waals surface area contributed by atoms with Gasteiger partial charge in [0.2, 0.25) is 5.91 Å². The van der Waals surface area contributed by atoms with Crippen molar-refractivity contribution in [2.45, 2.75) is 19.8 Å². The number of carbonyl (C=O) groups excluding carboxylic acids is 3. The summed E-state index contributed by atoms with van der Waals surface area (Å²) in [6.07, 6.45) is 0.455. The minimum absolute atomic E-state index is 0.0572. The lowest BCUT2D eigenvalue weighted by molar-refractivity contribution is -0.124. The SMILES string of the molecule is CCOc1cc(CCC(=O)NN2C(=O)c3ccc(O)cc3C2=O)ccc1OC. The smallest absolute Gasteiger partial charge is 0.280 e. The zero-order valence-corrected chi connectivity index (χ0v) is 15.5. The zero-order valence-electron chi connectivity index (χ0n) is 15.5. The van der Waals surface area contributed by atoms with Gasteiger partial charge < -0.3 is 14.6 Å². The van der Waals surface area contributed by atoms with Gasteiger partial charge in [0.15, 0.2) is 11.5 Å². The first-order chi connectivity index (χ1) is 13.4. The molecule has 28 heavy (non-hydrogen) atoms. The van der Waals surface area contributed by atoms with Crippen molar-refractivity contribution in [2.75, 3.05) is 13.7 Å². The number of amides is 3. The van der Waals surface area contributed by atoms with Gasteiger partial charge in [-0.3, -0.25) is 19.8 Å². The van der Waals surface area contributed by atoms with E-state index >= 15 is 0 Å². The fourth-order valence-electron chi connectivity index (χ4n) is 2.91. The molecule has 0 saturated heterocycles. The third-order valence-electron chi connectivity index (χ3n) is 4.28. The van der Waals surface area contributed by atoms with Gasteiger partial charge in [-0.2, -0.15) is 5.01 Å².